The predicted molar refractivity (Wildman–Crippen MR) is 79.5 cm³/mol. The Morgan fingerprint density at radius 3 is 2.89 bits per heavy atom. The number of hydrogen-bond donors (Lipinski definition) is 1. The van der Waals surface area contributed by atoms with Crippen LogP contribution in [0.3, 0.4) is 0 Å². The van der Waals surface area contributed by atoms with Crippen LogP contribution >= 0.6 is 15.9 Å². The average molecular weight is 319 g/mol. The van der Waals surface area contributed by atoms with Crippen LogP contribution in [0.15, 0.2) is 41.0 Å². The first-order valence-electron chi connectivity index (χ1n) is 6.49. The van der Waals surface area contributed by atoms with Crippen molar-refractivity contribution in [3.63, 3.8) is 0 Å². The van der Waals surface area contributed by atoms with Gasteiger partial charge in [0.25, 0.3) is 5.91 Å². The van der Waals surface area contributed by atoms with Gasteiger partial charge in [0.05, 0.1) is 0 Å². The smallest absolute Gasteiger partial charge is 0.274 e. The van der Waals surface area contributed by atoms with Crippen molar-refractivity contribution in [2.24, 2.45) is 0 Å². The van der Waals surface area contributed by atoms with Gasteiger partial charge in [0.1, 0.15) is 5.69 Å². The number of fused-ring (bicyclic) bond motifs is 1. The number of carbonyl (C=O) groups is 1. The van der Waals surface area contributed by atoms with Crippen molar-refractivity contribution in [1.82, 2.24) is 4.98 Å². The van der Waals surface area contributed by atoms with Gasteiger partial charge in [-0.1, -0.05) is 18.2 Å². The molecule has 0 bridgehead atoms. The summed E-state index contributed by atoms with van der Waals surface area (Å²) >= 11 is 3.37. The number of benzene rings is 1. The number of amides is 1. The normalized spacial score (nSPS) is 14.9. The first kappa shape index (κ1) is 12.5. The number of para-hydroxylation sites is 1. The molecule has 1 aliphatic heterocycles. The maximum Gasteiger partial charge on any atom is 0.274 e. The molecule has 0 saturated carbocycles. The summed E-state index contributed by atoms with van der Waals surface area (Å²) in [5.74, 6) is 0.0417. The van der Waals surface area contributed by atoms with Crippen molar-refractivity contribution >= 4 is 27.5 Å². The van der Waals surface area contributed by atoms with Crippen molar-refractivity contribution in [3.05, 3.63) is 52.3 Å². The lowest BCUT2D eigenvalue weighted by molar-refractivity contribution is 0.0983. The van der Waals surface area contributed by atoms with Crippen LogP contribution in [0, 0.1) is 0 Å². The second kappa shape index (κ2) is 5.21. The molecule has 1 aliphatic rings. The Morgan fingerprint density at radius 1 is 1.26 bits per heavy atom. The SMILES string of the molecule is O=C(c1cc(Br)c[nH]1)N1CCCCc2ccccc21. The summed E-state index contributed by atoms with van der Waals surface area (Å²) in [5, 5.41) is 0. The highest BCUT2D eigenvalue weighted by Crippen LogP contribution is 2.27. The van der Waals surface area contributed by atoms with E-state index < -0.39 is 0 Å². The van der Waals surface area contributed by atoms with E-state index in [9.17, 15) is 4.79 Å². The van der Waals surface area contributed by atoms with Crippen molar-refractivity contribution < 1.29 is 4.79 Å². The number of nitrogens with zero attached hydrogens (tertiary/aromatic N) is 1. The van der Waals surface area contributed by atoms with E-state index >= 15 is 0 Å². The van der Waals surface area contributed by atoms with E-state index in [0.717, 1.165) is 36.0 Å². The summed E-state index contributed by atoms with van der Waals surface area (Å²) in [6.07, 6.45) is 5.02. The summed E-state index contributed by atoms with van der Waals surface area (Å²) < 4.78 is 0.902. The summed E-state index contributed by atoms with van der Waals surface area (Å²) in [4.78, 5) is 17.5. The quantitative estimate of drug-likeness (QED) is 0.853. The molecule has 0 saturated heterocycles. The van der Waals surface area contributed by atoms with Gasteiger partial charge < -0.3 is 9.88 Å². The molecule has 3 rings (SSSR count). The summed E-state index contributed by atoms with van der Waals surface area (Å²) in [6, 6.07) is 10.0. The third-order valence-corrected chi connectivity index (χ3v) is 3.94. The number of hydrogen-bond acceptors (Lipinski definition) is 1. The van der Waals surface area contributed by atoms with E-state index in [2.05, 4.69) is 27.0 Å². The predicted octanol–water partition coefficient (Wildman–Crippen LogP) is 3.76. The minimum absolute atomic E-state index is 0.0417. The van der Waals surface area contributed by atoms with Gasteiger partial charge in [0, 0.05) is 22.9 Å². The first-order chi connectivity index (χ1) is 9.25. The van der Waals surface area contributed by atoms with Crippen LogP contribution in [-0.4, -0.2) is 17.4 Å². The minimum atomic E-state index is 0.0417. The van der Waals surface area contributed by atoms with Gasteiger partial charge in [-0.15, -0.1) is 0 Å². The third-order valence-electron chi connectivity index (χ3n) is 3.48. The van der Waals surface area contributed by atoms with Crippen molar-refractivity contribution in [3.8, 4) is 0 Å². The van der Waals surface area contributed by atoms with Gasteiger partial charge in [-0.3, -0.25) is 4.79 Å². The molecule has 4 heteroatoms. The van der Waals surface area contributed by atoms with Gasteiger partial charge in [-0.25, -0.2) is 0 Å². The maximum atomic E-state index is 12.6. The lowest BCUT2D eigenvalue weighted by Gasteiger charge is -2.22. The molecule has 1 aromatic carbocycles. The van der Waals surface area contributed by atoms with E-state index in [1.165, 1.54) is 5.56 Å². The number of H-pyrrole nitrogens is 1. The van der Waals surface area contributed by atoms with E-state index in [1.807, 2.05) is 29.2 Å². The Morgan fingerprint density at radius 2 is 2.11 bits per heavy atom. The zero-order valence-corrected chi connectivity index (χ0v) is 12.1. The Labute approximate surface area is 120 Å². The lowest BCUT2D eigenvalue weighted by atomic mass is 10.1. The second-order valence-electron chi connectivity index (χ2n) is 4.77. The zero-order chi connectivity index (χ0) is 13.2. The van der Waals surface area contributed by atoms with Crippen molar-refractivity contribution in [2.75, 3.05) is 11.4 Å². The largest absolute Gasteiger partial charge is 0.356 e. The highest BCUT2D eigenvalue weighted by Gasteiger charge is 2.22. The molecule has 3 nitrogen and oxygen atoms in total. The minimum Gasteiger partial charge on any atom is -0.356 e. The highest BCUT2D eigenvalue weighted by molar-refractivity contribution is 9.10. The molecule has 0 radical (unpaired) electrons. The molecule has 1 N–H and O–H groups in total. The number of aromatic nitrogens is 1. The molecule has 2 heterocycles. The summed E-state index contributed by atoms with van der Waals surface area (Å²) in [6.45, 7) is 0.784. The molecule has 19 heavy (non-hydrogen) atoms. The van der Waals surface area contributed by atoms with E-state index in [0.29, 0.717) is 5.69 Å². The standard InChI is InChI=1S/C15H15BrN2O/c16-12-9-13(17-10-12)15(19)18-8-4-3-6-11-5-1-2-7-14(11)18/h1-2,5,7,9-10,17H,3-4,6,8H2. The van der Waals surface area contributed by atoms with Gasteiger partial charge in [-0.05, 0) is 52.9 Å². The molecule has 0 aliphatic carbocycles. The molecule has 0 atom stereocenters. The molecule has 1 amide bonds. The number of rotatable bonds is 1. The van der Waals surface area contributed by atoms with Crippen LogP contribution in [-0.2, 0) is 6.42 Å². The molecule has 98 valence electrons. The fourth-order valence-corrected chi connectivity index (χ4v) is 2.88. The molecule has 2 aromatic rings. The Balaban J connectivity index is 1.98. The fraction of sp³-hybridized carbons (Fsp3) is 0.267. The molecule has 0 fully saturated rings. The third kappa shape index (κ3) is 2.45. The van der Waals surface area contributed by atoms with Gasteiger partial charge in [0.15, 0.2) is 0 Å². The van der Waals surface area contributed by atoms with Crippen LogP contribution in [0.4, 0.5) is 5.69 Å². The topological polar surface area (TPSA) is 36.1 Å². The molecule has 1 aromatic heterocycles. The second-order valence-corrected chi connectivity index (χ2v) is 5.69. The lowest BCUT2D eigenvalue weighted by Crippen LogP contribution is -2.31. The first-order valence-corrected chi connectivity index (χ1v) is 7.29. The van der Waals surface area contributed by atoms with E-state index in [-0.39, 0.29) is 5.91 Å². The summed E-state index contributed by atoms with van der Waals surface area (Å²) in [5.41, 5.74) is 2.94. The molecule has 0 spiro atoms. The number of anilines is 1. The molecular formula is C15H15BrN2O. The Kier molecular flexibility index (Phi) is 3.42. The Hall–Kier alpha value is -1.55. The van der Waals surface area contributed by atoms with Crippen LogP contribution in [0.25, 0.3) is 0 Å². The summed E-state index contributed by atoms with van der Waals surface area (Å²) in [7, 11) is 0. The number of aryl methyl sites for hydroxylation is 1. The number of nitrogens with one attached hydrogen (secondary N) is 1. The monoisotopic (exact) mass is 318 g/mol. The van der Waals surface area contributed by atoms with E-state index in [1.54, 1.807) is 6.20 Å². The number of halogens is 1. The highest BCUT2D eigenvalue weighted by atomic mass is 79.9. The van der Waals surface area contributed by atoms with Gasteiger partial charge in [-0.2, -0.15) is 0 Å². The van der Waals surface area contributed by atoms with Crippen LogP contribution in [0.2, 0.25) is 0 Å². The number of aromatic amines is 1. The van der Waals surface area contributed by atoms with Crippen LogP contribution in [0.1, 0.15) is 28.9 Å². The van der Waals surface area contributed by atoms with Gasteiger partial charge >= 0.3 is 0 Å². The van der Waals surface area contributed by atoms with Crippen molar-refractivity contribution in [1.29, 1.82) is 0 Å². The Bertz CT molecular complexity index is 606. The zero-order valence-electron chi connectivity index (χ0n) is 10.5. The average Bonchev–Trinajstić information content (AvgIpc) is 2.74. The van der Waals surface area contributed by atoms with E-state index in [4.69, 9.17) is 0 Å². The van der Waals surface area contributed by atoms with Gasteiger partial charge in [0.2, 0.25) is 0 Å². The van der Waals surface area contributed by atoms with Crippen LogP contribution < -0.4 is 4.90 Å². The fourth-order valence-electron chi connectivity index (χ4n) is 2.54. The molecular weight excluding hydrogens is 304 g/mol. The van der Waals surface area contributed by atoms with Crippen LogP contribution in [0.5, 0.6) is 0 Å². The maximum absolute atomic E-state index is 12.6. The number of carbonyl (C=O) groups excluding carboxylic acids is 1. The molecule has 0 unspecified atom stereocenters. The van der Waals surface area contributed by atoms with Crippen molar-refractivity contribution in [2.45, 2.75) is 19.3 Å².